The molecule has 1 aliphatic rings. The molecule has 0 unspecified atom stereocenters. The molecule has 2 heterocycles. The van der Waals surface area contributed by atoms with Crippen LogP contribution in [0.2, 0.25) is 0 Å². The van der Waals surface area contributed by atoms with Crippen LogP contribution < -0.4 is 5.59 Å². The lowest BCUT2D eigenvalue weighted by Crippen LogP contribution is -2.41. The third-order valence-corrected chi connectivity index (χ3v) is 3.33. The van der Waals surface area contributed by atoms with Gasteiger partial charge in [0, 0.05) is 20.4 Å². The van der Waals surface area contributed by atoms with E-state index in [9.17, 15) is 0 Å². The maximum atomic E-state index is 8.10. The van der Waals surface area contributed by atoms with E-state index in [0.717, 1.165) is 6.20 Å². The summed E-state index contributed by atoms with van der Waals surface area (Å²) in [6.07, 6.45) is 1.16. The largest absolute Gasteiger partial charge is 0.516 e. The first-order valence-corrected chi connectivity index (χ1v) is 5.45. The van der Waals surface area contributed by atoms with Gasteiger partial charge in [0.15, 0.2) is 0 Å². The molecule has 0 bridgehead atoms. The van der Waals surface area contributed by atoms with Gasteiger partial charge in [-0.15, -0.1) is 0 Å². The van der Waals surface area contributed by atoms with Crippen LogP contribution in [0, 0.1) is 0 Å². The summed E-state index contributed by atoms with van der Waals surface area (Å²) in [6.45, 7) is 1.20. The Bertz CT molecular complexity index is 594. The molecule has 0 atom stereocenters. The molecule has 4 nitrogen and oxygen atoms in total. The summed E-state index contributed by atoms with van der Waals surface area (Å²) in [5.74, 6) is 0. The minimum atomic E-state index is -3.10. The lowest BCUT2D eigenvalue weighted by atomic mass is 9.85. The normalized spacial score (nSPS) is 30.6. The van der Waals surface area contributed by atoms with E-state index < -0.39 is 38.0 Å². The molecule has 1 aliphatic heterocycles. The molecule has 1 aromatic heterocycles. The number of nitrogens with zero attached hydrogens (tertiary/aromatic N) is 2. The van der Waals surface area contributed by atoms with E-state index in [1.165, 1.54) is 6.07 Å². The predicted octanol–water partition coefficient (Wildman–Crippen LogP) is 1.76. The number of hydrogen-bond donors (Lipinski definition) is 0. The minimum Gasteiger partial charge on any atom is -0.398 e. The Morgan fingerprint density at radius 2 is 1.94 bits per heavy atom. The highest BCUT2D eigenvalue weighted by Crippen LogP contribution is 2.36. The second-order valence-electron chi connectivity index (χ2n) is 5.12. The Balaban J connectivity index is 2.41. The second-order valence-corrected chi connectivity index (χ2v) is 5.12. The van der Waals surface area contributed by atoms with Crippen LogP contribution in [0.25, 0.3) is 0 Å². The van der Waals surface area contributed by atoms with Crippen molar-refractivity contribution in [3.63, 3.8) is 0 Å². The summed E-state index contributed by atoms with van der Waals surface area (Å²) in [6, 6.07) is -1.50. The van der Waals surface area contributed by atoms with Crippen molar-refractivity contribution in [3.8, 4) is 0 Å². The first-order valence-electron chi connectivity index (χ1n) is 8.95. The van der Waals surface area contributed by atoms with Crippen LogP contribution in [0.4, 0.5) is 0 Å². The first kappa shape index (κ1) is 6.39. The summed E-state index contributed by atoms with van der Waals surface area (Å²) in [5.41, 5.74) is -1.01. The number of aromatic nitrogens is 2. The molecule has 1 fully saturated rings. The molecule has 0 saturated carbocycles. The Kier molecular flexibility index (Phi) is 1.45. The van der Waals surface area contributed by atoms with Crippen molar-refractivity contribution in [2.75, 3.05) is 0 Å². The first-order chi connectivity index (χ1) is 10.5. The topological polar surface area (TPSA) is 36.3 Å². The molecular weight excluding hydrogens is 215 g/mol. The van der Waals surface area contributed by atoms with Crippen LogP contribution >= 0.6 is 0 Å². The van der Waals surface area contributed by atoms with Crippen molar-refractivity contribution in [1.82, 2.24) is 9.78 Å². The lowest BCUT2D eigenvalue weighted by molar-refractivity contribution is 0.00578. The van der Waals surface area contributed by atoms with E-state index >= 15 is 0 Å². The summed E-state index contributed by atoms with van der Waals surface area (Å²) in [4.78, 5) is 0. The summed E-state index contributed by atoms with van der Waals surface area (Å²) in [5, 5.41) is 3.99. The maximum absolute atomic E-state index is 8.10. The molecule has 0 radical (unpaired) electrons. The predicted molar refractivity (Wildman–Crippen MR) is 68.3 cm³/mol. The Labute approximate surface area is 113 Å². The van der Waals surface area contributed by atoms with Gasteiger partial charge in [-0.1, -0.05) is 0 Å². The highest BCUT2D eigenvalue weighted by atomic mass is 16.7. The second kappa shape index (κ2) is 3.85. The van der Waals surface area contributed by atoms with Gasteiger partial charge in [0.2, 0.25) is 0 Å². The van der Waals surface area contributed by atoms with Crippen LogP contribution in [-0.2, 0) is 9.31 Å². The molecule has 1 aromatic rings. The van der Waals surface area contributed by atoms with E-state index in [2.05, 4.69) is 5.10 Å². The van der Waals surface area contributed by atoms with Crippen LogP contribution in [-0.4, -0.2) is 28.1 Å². The fraction of sp³-hybridized carbons (Fsp3) is 0.750. The quantitative estimate of drug-likeness (QED) is 0.742. The zero-order chi connectivity index (χ0) is 18.8. The van der Waals surface area contributed by atoms with Gasteiger partial charge in [-0.3, -0.25) is 4.68 Å². The molecule has 94 valence electrons. The average Bonchev–Trinajstić information content (AvgIpc) is 2.89. The van der Waals surface area contributed by atoms with Crippen molar-refractivity contribution >= 4 is 12.7 Å². The summed E-state index contributed by atoms with van der Waals surface area (Å²) >= 11 is 0. The van der Waals surface area contributed by atoms with Gasteiger partial charge in [-0.25, -0.2) is 0 Å². The average molecular weight is 243 g/mol. The standard InChI is InChI=1S/C12H21BN2O2/c1-9(2)15-8-7-10(14-15)13-16-11(3,4)12(5,6)17-13/h7-9H,1-6H3/i1D3,2D3,9D. The van der Waals surface area contributed by atoms with E-state index in [1.807, 2.05) is 27.7 Å². The van der Waals surface area contributed by atoms with Gasteiger partial charge < -0.3 is 9.31 Å². The molecule has 0 amide bonds. The van der Waals surface area contributed by atoms with Gasteiger partial charge >= 0.3 is 7.12 Å². The van der Waals surface area contributed by atoms with Gasteiger partial charge in [-0.2, -0.15) is 5.10 Å². The van der Waals surface area contributed by atoms with E-state index in [4.69, 9.17) is 18.9 Å². The monoisotopic (exact) mass is 243 g/mol. The Morgan fingerprint density at radius 3 is 2.47 bits per heavy atom. The van der Waals surface area contributed by atoms with Crippen molar-refractivity contribution in [2.24, 2.45) is 0 Å². The van der Waals surface area contributed by atoms with Crippen LogP contribution in [0.3, 0.4) is 0 Å². The third kappa shape index (κ3) is 2.14. The summed E-state index contributed by atoms with van der Waals surface area (Å²) < 4.78 is 65.3. The maximum Gasteiger partial charge on any atom is 0.516 e. The molecule has 0 aromatic carbocycles. The highest BCUT2D eigenvalue weighted by Gasteiger charge is 2.52. The fourth-order valence-electron chi connectivity index (χ4n) is 1.55. The van der Waals surface area contributed by atoms with Crippen molar-refractivity contribution in [1.29, 1.82) is 0 Å². The third-order valence-electron chi connectivity index (χ3n) is 3.33. The lowest BCUT2D eigenvalue weighted by Gasteiger charge is -2.32. The van der Waals surface area contributed by atoms with Gasteiger partial charge in [-0.05, 0) is 47.5 Å². The Morgan fingerprint density at radius 1 is 1.35 bits per heavy atom. The van der Waals surface area contributed by atoms with Crippen molar-refractivity contribution in [3.05, 3.63) is 12.3 Å². The van der Waals surface area contributed by atoms with Gasteiger partial charge in [0.05, 0.1) is 18.2 Å². The van der Waals surface area contributed by atoms with Crippen LogP contribution in [0.15, 0.2) is 12.3 Å². The molecule has 1 saturated heterocycles. The molecule has 5 heteroatoms. The van der Waals surface area contributed by atoms with Gasteiger partial charge in [0.1, 0.15) is 0 Å². The van der Waals surface area contributed by atoms with E-state index in [-0.39, 0.29) is 5.59 Å². The van der Waals surface area contributed by atoms with E-state index in [1.54, 1.807) is 0 Å². The zero-order valence-corrected chi connectivity index (χ0v) is 10.4. The number of rotatable bonds is 2. The molecule has 2 rings (SSSR count). The van der Waals surface area contributed by atoms with E-state index in [0.29, 0.717) is 4.68 Å². The highest BCUT2D eigenvalue weighted by molar-refractivity contribution is 6.61. The van der Waals surface area contributed by atoms with Gasteiger partial charge in [0.25, 0.3) is 0 Å². The van der Waals surface area contributed by atoms with Crippen LogP contribution in [0.5, 0.6) is 0 Å². The zero-order valence-electron chi connectivity index (χ0n) is 17.4. The smallest absolute Gasteiger partial charge is 0.398 e. The molecule has 0 N–H and O–H groups in total. The van der Waals surface area contributed by atoms with Crippen molar-refractivity contribution < 1.29 is 18.9 Å². The van der Waals surface area contributed by atoms with Crippen LogP contribution in [0.1, 0.15) is 57.0 Å². The molecule has 0 spiro atoms. The Hall–Kier alpha value is -0.805. The molecule has 17 heavy (non-hydrogen) atoms. The minimum absolute atomic E-state index is 0.221. The molecule has 0 aliphatic carbocycles. The fourth-order valence-corrected chi connectivity index (χ4v) is 1.55. The van der Waals surface area contributed by atoms with Crippen molar-refractivity contribution in [2.45, 2.75) is 58.6 Å². The molecular formula is C12H21BN2O2. The summed E-state index contributed by atoms with van der Waals surface area (Å²) in [7, 11) is -0.867. The number of hydrogen-bond acceptors (Lipinski definition) is 3. The SMILES string of the molecule is [2H]C([2H])([2H])C([2H])(n1ccc(B2OC(C)(C)C(C)(C)O2)n1)C([2H])([2H])[2H].